The molecule has 6 heteroatoms. The van der Waals surface area contributed by atoms with Crippen molar-refractivity contribution >= 4 is 17.8 Å². The quantitative estimate of drug-likeness (QED) is 0.724. The Hall–Kier alpha value is -2.50. The lowest BCUT2D eigenvalue weighted by molar-refractivity contribution is -0.141. The number of carbonyl (C=O) groups is 2. The second kappa shape index (κ2) is 7.73. The van der Waals surface area contributed by atoms with Crippen LogP contribution in [0.15, 0.2) is 6.08 Å². The molecule has 2 aliphatic heterocycles. The van der Waals surface area contributed by atoms with Crippen LogP contribution >= 0.6 is 0 Å². The Balaban J connectivity index is 2.32. The lowest BCUT2D eigenvalue weighted by atomic mass is 9.81. The molecule has 2 heterocycles. The maximum atomic E-state index is 13.1. The molecule has 0 aliphatic carbocycles. The van der Waals surface area contributed by atoms with Crippen LogP contribution in [0.3, 0.4) is 0 Å². The number of ether oxygens (including phenoxy) is 3. The Morgan fingerprint density at radius 3 is 2.62 bits per heavy atom. The number of rotatable bonds is 5. The summed E-state index contributed by atoms with van der Waals surface area (Å²) in [4.78, 5) is 25.2. The van der Waals surface area contributed by atoms with Gasteiger partial charge in [-0.1, -0.05) is 20.3 Å². The summed E-state index contributed by atoms with van der Waals surface area (Å²) < 4.78 is 17.3. The first kappa shape index (κ1) is 21.2. The molecule has 0 saturated carbocycles. The van der Waals surface area contributed by atoms with Crippen LogP contribution in [0.5, 0.6) is 17.2 Å². The van der Waals surface area contributed by atoms with Crippen molar-refractivity contribution in [1.82, 2.24) is 0 Å². The third-order valence-corrected chi connectivity index (χ3v) is 5.82. The SMILES string of the molecule is CCC[C@H](CC(=O)OC)c1c2c(c(O)c3c1O[C@H](C)[C@@H](C)C3=O)C=CC(C)(C)O2. The lowest BCUT2D eigenvalue weighted by Gasteiger charge is -2.37. The lowest BCUT2D eigenvalue weighted by Crippen LogP contribution is -2.36. The van der Waals surface area contributed by atoms with Gasteiger partial charge in [0.05, 0.1) is 25.0 Å². The average Bonchev–Trinajstić information content (AvgIpc) is 2.65. The number of ketones is 1. The largest absolute Gasteiger partial charge is 0.506 e. The Kier molecular flexibility index (Phi) is 5.65. The van der Waals surface area contributed by atoms with Gasteiger partial charge in [0, 0.05) is 11.5 Å². The fraction of sp³-hybridized carbons (Fsp3) is 0.565. The van der Waals surface area contributed by atoms with Gasteiger partial charge in [0.2, 0.25) is 0 Å². The molecule has 29 heavy (non-hydrogen) atoms. The molecule has 0 amide bonds. The average molecular weight is 402 g/mol. The van der Waals surface area contributed by atoms with E-state index in [4.69, 9.17) is 14.2 Å². The fourth-order valence-electron chi connectivity index (χ4n) is 4.01. The Labute approximate surface area is 171 Å². The summed E-state index contributed by atoms with van der Waals surface area (Å²) in [7, 11) is 1.36. The third-order valence-electron chi connectivity index (χ3n) is 5.82. The second-order valence-corrected chi connectivity index (χ2v) is 8.49. The van der Waals surface area contributed by atoms with E-state index in [0.29, 0.717) is 29.0 Å². The second-order valence-electron chi connectivity index (χ2n) is 8.49. The number of esters is 1. The van der Waals surface area contributed by atoms with Gasteiger partial charge in [-0.05, 0) is 39.3 Å². The highest BCUT2D eigenvalue weighted by Gasteiger charge is 2.42. The number of aromatic hydroxyl groups is 1. The standard InChI is InChI=1S/C23H30O6/c1-7-8-14(11-16(24)27-6)17-21-15(9-10-23(4,5)29-21)20(26)18-19(25)12(2)13(3)28-22(17)18/h9-10,12-14,26H,7-8,11H2,1-6H3/t12-,13-,14-/m1/s1. The van der Waals surface area contributed by atoms with Crippen molar-refractivity contribution in [3.8, 4) is 17.2 Å². The molecule has 0 spiro atoms. The minimum atomic E-state index is -0.595. The molecule has 0 bridgehead atoms. The molecule has 0 radical (unpaired) electrons. The number of methoxy groups -OCH3 is 1. The first-order chi connectivity index (χ1) is 13.6. The fourth-order valence-corrected chi connectivity index (χ4v) is 4.01. The summed E-state index contributed by atoms with van der Waals surface area (Å²) in [5.41, 5.74) is 0.720. The summed E-state index contributed by atoms with van der Waals surface area (Å²) in [5, 5.41) is 11.0. The molecule has 3 atom stereocenters. The van der Waals surface area contributed by atoms with Gasteiger partial charge in [-0.2, -0.15) is 0 Å². The maximum Gasteiger partial charge on any atom is 0.306 e. The molecule has 0 fully saturated rings. The first-order valence-electron chi connectivity index (χ1n) is 10.2. The molecule has 3 rings (SSSR count). The highest BCUT2D eigenvalue weighted by Crippen LogP contribution is 2.53. The summed E-state index contributed by atoms with van der Waals surface area (Å²) in [6.07, 6.45) is 4.94. The third kappa shape index (κ3) is 3.72. The van der Waals surface area contributed by atoms with E-state index in [0.717, 1.165) is 6.42 Å². The van der Waals surface area contributed by atoms with Gasteiger partial charge in [-0.15, -0.1) is 0 Å². The highest BCUT2D eigenvalue weighted by atomic mass is 16.5. The van der Waals surface area contributed by atoms with Gasteiger partial charge in [0.15, 0.2) is 5.78 Å². The topological polar surface area (TPSA) is 82.1 Å². The molecular formula is C23H30O6. The summed E-state index contributed by atoms with van der Waals surface area (Å²) >= 11 is 0. The van der Waals surface area contributed by atoms with Crippen molar-refractivity contribution in [2.75, 3.05) is 7.11 Å². The number of hydrogen-bond acceptors (Lipinski definition) is 6. The van der Waals surface area contributed by atoms with Crippen molar-refractivity contribution < 1.29 is 28.9 Å². The van der Waals surface area contributed by atoms with Crippen molar-refractivity contribution in [1.29, 1.82) is 0 Å². The van der Waals surface area contributed by atoms with Gasteiger partial charge < -0.3 is 19.3 Å². The molecule has 0 saturated heterocycles. The van der Waals surface area contributed by atoms with Crippen molar-refractivity contribution in [3.05, 3.63) is 22.8 Å². The minimum absolute atomic E-state index is 0.123. The number of carbonyl (C=O) groups excluding carboxylic acids is 2. The van der Waals surface area contributed by atoms with E-state index in [1.165, 1.54) is 7.11 Å². The van der Waals surface area contributed by atoms with Crippen molar-refractivity contribution in [2.24, 2.45) is 5.92 Å². The Bertz CT molecular complexity index is 867. The number of benzene rings is 1. The van der Waals surface area contributed by atoms with Gasteiger partial charge in [-0.25, -0.2) is 0 Å². The number of hydrogen-bond donors (Lipinski definition) is 1. The van der Waals surface area contributed by atoms with Gasteiger partial charge in [0.1, 0.15) is 34.5 Å². The molecule has 1 aromatic carbocycles. The molecule has 6 nitrogen and oxygen atoms in total. The zero-order chi connectivity index (χ0) is 21.5. The summed E-state index contributed by atoms with van der Waals surface area (Å²) in [5.74, 6) is -0.445. The number of phenols is 1. The van der Waals surface area contributed by atoms with Crippen LogP contribution < -0.4 is 9.47 Å². The van der Waals surface area contributed by atoms with Crippen LogP contribution in [-0.4, -0.2) is 35.7 Å². The molecule has 0 unspecified atom stereocenters. The predicted molar refractivity (Wildman–Crippen MR) is 110 cm³/mol. The van der Waals surface area contributed by atoms with Crippen LogP contribution in [0.2, 0.25) is 0 Å². The van der Waals surface area contributed by atoms with Crippen LogP contribution in [0, 0.1) is 5.92 Å². The molecule has 2 aliphatic rings. The number of Topliss-reactive ketones (excluding diaryl/α,β-unsaturated/α-hetero) is 1. The smallest absolute Gasteiger partial charge is 0.306 e. The van der Waals surface area contributed by atoms with E-state index in [1.54, 1.807) is 13.0 Å². The van der Waals surface area contributed by atoms with E-state index in [2.05, 4.69) is 0 Å². The van der Waals surface area contributed by atoms with Crippen molar-refractivity contribution in [2.45, 2.75) is 71.5 Å². The first-order valence-corrected chi connectivity index (χ1v) is 10.2. The highest BCUT2D eigenvalue weighted by molar-refractivity contribution is 6.06. The minimum Gasteiger partial charge on any atom is -0.506 e. The monoisotopic (exact) mass is 402 g/mol. The normalized spacial score (nSPS) is 22.8. The summed E-state index contributed by atoms with van der Waals surface area (Å²) in [6.45, 7) is 9.50. The van der Waals surface area contributed by atoms with E-state index >= 15 is 0 Å². The van der Waals surface area contributed by atoms with Crippen LogP contribution in [0.1, 0.15) is 81.3 Å². The molecule has 158 valence electrons. The molecular weight excluding hydrogens is 372 g/mol. The Morgan fingerprint density at radius 1 is 1.31 bits per heavy atom. The number of fused-ring (bicyclic) bond motifs is 2. The maximum absolute atomic E-state index is 13.1. The Morgan fingerprint density at radius 2 is 2.00 bits per heavy atom. The van der Waals surface area contributed by atoms with Crippen LogP contribution in [0.4, 0.5) is 0 Å². The zero-order valence-corrected chi connectivity index (χ0v) is 18.0. The predicted octanol–water partition coefficient (Wildman–Crippen LogP) is 4.62. The van der Waals surface area contributed by atoms with Crippen LogP contribution in [0.25, 0.3) is 6.08 Å². The van der Waals surface area contributed by atoms with Gasteiger partial charge in [0.25, 0.3) is 0 Å². The van der Waals surface area contributed by atoms with Gasteiger partial charge in [-0.3, -0.25) is 9.59 Å². The number of phenolic OH excluding ortho intramolecular Hbond substituents is 1. The zero-order valence-electron chi connectivity index (χ0n) is 18.0. The molecule has 1 aromatic rings. The summed E-state index contributed by atoms with van der Waals surface area (Å²) in [6, 6.07) is 0. The molecule has 0 aromatic heterocycles. The molecule has 1 N–H and O–H groups in total. The van der Waals surface area contributed by atoms with Gasteiger partial charge >= 0.3 is 5.97 Å². The van der Waals surface area contributed by atoms with Crippen LogP contribution in [-0.2, 0) is 9.53 Å². The van der Waals surface area contributed by atoms with E-state index in [1.807, 2.05) is 33.8 Å². The van der Waals surface area contributed by atoms with Crippen molar-refractivity contribution in [3.63, 3.8) is 0 Å². The van der Waals surface area contributed by atoms with E-state index in [-0.39, 0.29) is 47.4 Å². The van der Waals surface area contributed by atoms with E-state index in [9.17, 15) is 14.7 Å². The van der Waals surface area contributed by atoms with E-state index < -0.39 is 5.60 Å².